The first-order valence-electron chi connectivity index (χ1n) is 9.00. The van der Waals surface area contributed by atoms with E-state index >= 15 is 0 Å². The third-order valence-corrected chi connectivity index (χ3v) is 4.48. The number of halogens is 1. The summed E-state index contributed by atoms with van der Waals surface area (Å²) in [5.41, 5.74) is 1.31. The Morgan fingerprint density at radius 3 is 2.33 bits per heavy atom. The van der Waals surface area contributed by atoms with E-state index in [4.69, 9.17) is 25.8 Å². The van der Waals surface area contributed by atoms with Crippen LogP contribution in [0.2, 0.25) is 5.02 Å². The molecule has 0 unspecified atom stereocenters. The molecule has 0 heterocycles. The Morgan fingerprint density at radius 2 is 1.70 bits per heavy atom. The van der Waals surface area contributed by atoms with Gasteiger partial charge in [0.2, 0.25) is 0 Å². The summed E-state index contributed by atoms with van der Waals surface area (Å²) in [7, 11) is 3.10. The van der Waals surface area contributed by atoms with Gasteiger partial charge in [0.15, 0.2) is 11.5 Å². The molecular formula is C21H26ClNO4. The number of benzene rings is 2. The Balaban J connectivity index is 1.94. The van der Waals surface area contributed by atoms with E-state index in [0.29, 0.717) is 28.7 Å². The maximum Gasteiger partial charge on any atom is 0.251 e. The Kier molecular flexibility index (Phi) is 8.27. The molecule has 2 aromatic rings. The van der Waals surface area contributed by atoms with Crippen molar-refractivity contribution in [1.82, 2.24) is 5.32 Å². The van der Waals surface area contributed by atoms with Crippen molar-refractivity contribution in [3.8, 4) is 17.2 Å². The molecule has 0 fully saturated rings. The van der Waals surface area contributed by atoms with Gasteiger partial charge in [0.05, 0.1) is 20.8 Å². The van der Waals surface area contributed by atoms with Crippen LogP contribution < -0.4 is 19.5 Å². The minimum atomic E-state index is -0.182. The molecule has 5 nitrogen and oxygen atoms in total. The molecule has 1 amide bonds. The Hall–Kier alpha value is -2.40. The molecule has 0 aliphatic rings. The largest absolute Gasteiger partial charge is 0.494 e. The zero-order valence-electron chi connectivity index (χ0n) is 16.0. The molecule has 1 N–H and O–H groups in total. The Morgan fingerprint density at radius 1 is 1.04 bits per heavy atom. The lowest BCUT2D eigenvalue weighted by atomic mass is 10.1. The third kappa shape index (κ3) is 6.07. The maximum absolute atomic E-state index is 12.4. The summed E-state index contributed by atoms with van der Waals surface area (Å²) in [6, 6.07) is 10.6. The van der Waals surface area contributed by atoms with Crippen molar-refractivity contribution in [2.45, 2.75) is 32.7 Å². The zero-order chi connectivity index (χ0) is 19.6. The summed E-state index contributed by atoms with van der Waals surface area (Å²) in [5.74, 6) is 1.70. The van der Waals surface area contributed by atoms with E-state index in [9.17, 15) is 4.79 Å². The third-order valence-electron chi connectivity index (χ3n) is 4.13. The van der Waals surface area contributed by atoms with Crippen LogP contribution in [-0.2, 0) is 6.54 Å². The molecule has 0 aliphatic carbocycles. The van der Waals surface area contributed by atoms with Crippen LogP contribution in [0.3, 0.4) is 0 Å². The molecule has 0 radical (unpaired) electrons. The van der Waals surface area contributed by atoms with E-state index in [1.54, 1.807) is 38.5 Å². The van der Waals surface area contributed by atoms with Crippen LogP contribution in [0.15, 0.2) is 36.4 Å². The van der Waals surface area contributed by atoms with Crippen LogP contribution in [0.4, 0.5) is 0 Å². The fourth-order valence-corrected chi connectivity index (χ4v) is 2.77. The summed E-state index contributed by atoms with van der Waals surface area (Å²) in [4.78, 5) is 12.4. The molecule has 6 heteroatoms. The standard InChI is InChI=1S/C21H26ClNO4/c1-4-5-6-11-27-17-9-7-15(8-10-17)21(24)23-14-16-12-19(25-2)20(26-3)13-18(16)22/h7-10,12-13H,4-6,11,14H2,1-3H3,(H,23,24). The van der Waals surface area contributed by atoms with E-state index in [0.717, 1.165) is 30.6 Å². The lowest BCUT2D eigenvalue weighted by Gasteiger charge is -2.12. The van der Waals surface area contributed by atoms with Gasteiger partial charge in [-0.25, -0.2) is 0 Å². The number of methoxy groups -OCH3 is 2. The minimum Gasteiger partial charge on any atom is -0.494 e. The second-order valence-corrected chi connectivity index (χ2v) is 6.47. The smallest absolute Gasteiger partial charge is 0.251 e. The number of ether oxygens (including phenoxy) is 3. The fourth-order valence-electron chi connectivity index (χ4n) is 2.55. The molecular weight excluding hydrogens is 366 g/mol. The predicted molar refractivity (Wildman–Crippen MR) is 107 cm³/mol. The second-order valence-electron chi connectivity index (χ2n) is 6.06. The van der Waals surface area contributed by atoms with Gasteiger partial charge in [-0.05, 0) is 42.3 Å². The van der Waals surface area contributed by atoms with E-state index in [1.165, 1.54) is 0 Å². The van der Waals surface area contributed by atoms with Crippen molar-refractivity contribution < 1.29 is 19.0 Å². The topological polar surface area (TPSA) is 56.8 Å². The second kappa shape index (κ2) is 10.7. The highest BCUT2D eigenvalue weighted by Crippen LogP contribution is 2.33. The van der Waals surface area contributed by atoms with Gasteiger partial charge < -0.3 is 19.5 Å². The lowest BCUT2D eigenvalue weighted by molar-refractivity contribution is 0.0951. The van der Waals surface area contributed by atoms with E-state index in [2.05, 4.69) is 12.2 Å². The molecule has 2 aromatic carbocycles. The van der Waals surface area contributed by atoms with Gasteiger partial charge >= 0.3 is 0 Å². The van der Waals surface area contributed by atoms with Gasteiger partial charge in [0.1, 0.15) is 5.75 Å². The van der Waals surface area contributed by atoms with Crippen molar-refractivity contribution in [2.24, 2.45) is 0 Å². The van der Waals surface area contributed by atoms with Crippen LogP contribution in [-0.4, -0.2) is 26.7 Å². The molecule has 0 aliphatic heterocycles. The van der Waals surface area contributed by atoms with Crippen molar-refractivity contribution in [3.05, 3.63) is 52.5 Å². The van der Waals surface area contributed by atoms with E-state index < -0.39 is 0 Å². The summed E-state index contributed by atoms with van der Waals surface area (Å²) in [6.07, 6.45) is 3.34. The van der Waals surface area contributed by atoms with Crippen LogP contribution in [0.5, 0.6) is 17.2 Å². The molecule has 0 bridgehead atoms. The van der Waals surface area contributed by atoms with Crippen molar-refractivity contribution in [3.63, 3.8) is 0 Å². The number of carbonyl (C=O) groups excluding carboxylic acids is 1. The predicted octanol–water partition coefficient (Wildman–Crippen LogP) is 4.86. The highest BCUT2D eigenvalue weighted by atomic mass is 35.5. The molecule has 2 rings (SSSR count). The molecule has 0 spiro atoms. The summed E-state index contributed by atoms with van der Waals surface area (Å²) in [5, 5.41) is 3.37. The highest BCUT2D eigenvalue weighted by molar-refractivity contribution is 6.31. The number of rotatable bonds is 10. The first-order chi connectivity index (χ1) is 13.1. The van der Waals surface area contributed by atoms with Crippen molar-refractivity contribution >= 4 is 17.5 Å². The number of carbonyl (C=O) groups is 1. The molecule has 0 aromatic heterocycles. The van der Waals surface area contributed by atoms with Gasteiger partial charge in [-0.3, -0.25) is 4.79 Å². The monoisotopic (exact) mass is 391 g/mol. The quantitative estimate of drug-likeness (QED) is 0.588. The summed E-state index contributed by atoms with van der Waals surface area (Å²) >= 11 is 6.25. The van der Waals surface area contributed by atoms with Crippen molar-refractivity contribution in [2.75, 3.05) is 20.8 Å². The van der Waals surface area contributed by atoms with Crippen LogP contribution in [0.1, 0.15) is 42.1 Å². The SMILES string of the molecule is CCCCCOc1ccc(C(=O)NCc2cc(OC)c(OC)cc2Cl)cc1. The van der Waals surface area contributed by atoms with E-state index in [1.807, 2.05) is 12.1 Å². The lowest BCUT2D eigenvalue weighted by Crippen LogP contribution is -2.22. The molecule has 27 heavy (non-hydrogen) atoms. The van der Waals surface area contributed by atoms with Crippen LogP contribution in [0, 0.1) is 0 Å². The van der Waals surface area contributed by atoms with E-state index in [-0.39, 0.29) is 12.5 Å². The van der Waals surface area contributed by atoms with Gasteiger partial charge in [-0.1, -0.05) is 31.4 Å². The minimum absolute atomic E-state index is 0.182. The molecule has 0 atom stereocenters. The number of nitrogens with one attached hydrogen (secondary N) is 1. The molecule has 0 saturated heterocycles. The fraction of sp³-hybridized carbons (Fsp3) is 0.381. The number of unbranched alkanes of at least 4 members (excludes halogenated alkanes) is 2. The average molecular weight is 392 g/mol. The van der Waals surface area contributed by atoms with Crippen LogP contribution >= 0.6 is 11.6 Å². The Bertz CT molecular complexity index is 747. The Labute approximate surface area is 165 Å². The number of hydrogen-bond acceptors (Lipinski definition) is 4. The van der Waals surface area contributed by atoms with Gasteiger partial charge in [-0.2, -0.15) is 0 Å². The first kappa shape index (κ1) is 20.9. The molecule has 0 saturated carbocycles. The first-order valence-corrected chi connectivity index (χ1v) is 9.38. The maximum atomic E-state index is 12.4. The molecule has 146 valence electrons. The zero-order valence-corrected chi connectivity index (χ0v) is 16.8. The van der Waals surface area contributed by atoms with Gasteiger partial charge in [0.25, 0.3) is 5.91 Å². The highest BCUT2D eigenvalue weighted by Gasteiger charge is 2.12. The number of hydrogen-bond donors (Lipinski definition) is 1. The average Bonchev–Trinajstić information content (AvgIpc) is 2.70. The van der Waals surface area contributed by atoms with Gasteiger partial charge in [-0.15, -0.1) is 0 Å². The van der Waals surface area contributed by atoms with Gasteiger partial charge in [0, 0.05) is 23.2 Å². The summed E-state index contributed by atoms with van der Waals surface area (Å²) in [6.45, 7) is 3.13. The number of amides is 1. The van der Waals surface area contributed by atoms with Crippen molar-refractivity contribution in [1.29, 1.82) is 0 Å². The van der Waals surface area contributed by atoms with Crippen LogP contribution in [0.25, 0.3) is 0 Å². The normalized spacial score (nSPS) is 10.4. The summed E-state index contributed by atoms with van der Waals surface area (Å²) < 4.78 is 16.1.